The first-order chi connectivity index (χ1) is 14.2. The lowest BCUT2D eigenvalue weighted by Crippen LogP contribution is -2.22. The van der Waals surface area contributed by atoms with Gasteiger partial charge in [0, 0.05) is 17.3 Å². The van der Waals surface area contributed by atoms with Gasteiger partial charge in [-0.15, -0.1) is 24.0 Å². The number of methoxy groups -OCH3 is 2. The average Bonchev–Trinajstić information content (AvgIpc) is 2.77. The summed E-state index contributed by atoms with van der Waals surface area (Å²) in [4.78, 5) is 4.43. The van der Waals surface area contributed by atoms with Crippen molar-refractivity contribution in [1.29, 1.82) is 0 Å². The maximum absolute atomic E-state index is 6.06. The maximum atomic E-state index is 6.06. The number of para-hydroxylation sites is 1. The molecule has 0 aliphatic carbocycles. The molecule has 0 atom stereocenters. The lowest BCUT2D eigenvalue weighted by molar-refractivity contribution is 0.303. The molecule has 0 fully saturated rings. The van der Waals surface area contributed by atoms with Crippen molar-refractivity contribution in [1.82, 2.24) is 0 Å². The van der Waals surface area contributed by atoms with Crippen molar-refractivity contribution < 1.29 is 14.2 Å². The highest BCUT2D eigenvalue weighted by Crippen LogP contribution is 2.29. The van der Waals surface area contributed by atoms with Crippen LogP contribution in [0.5, 0.6) is 17.2 Å². The molecule has 6 nitrogen and oxygen atoms in total. The second-order valence-electron chi connectivity index (χ2n) is 6.28. The van der Waals surface area contributed by atoms with Crippen LogP contribution in [0.4, 0.5) is 5.69 Å². The molecule has 0 spiro atoms. The van der Waals surface area contributed by atoms with Gasteiger partial charge in [-0.25, -0.2) is 4.99 Å². The van der Waals surface area contributed by atoms with Crippen molar-refractivity contribution >= 4 is 35.6 Å². The van der Waals surface area contributed by atoms with Crippen molar-refractivity contribution in [3.63, 3.8) is 0 Å². The Balaban J connectivity index is 0.00000320. The first-order valence-electron chi connectivity index (χ1n) is 9.23. The molecule has 3 rings (SSSR count). The minimum atomic E-state index is 0. The van der Waals surface area contributed by atoms with Crippen LogP contribution < -0.4 is 25.3 Å². The van der Waals surface area contributed by atoms with Crippen LogP contribution in [0, 0.1) is 0 Å². The van der Waals surface area contributed by atoms with Crippen LogP contribution in [0.25, 0.3) is 0 Å². The van der Waals surface area contributed by atoms with Crippen molar-refractivity contribution in [2.24, 2.45) is 10.7 Å². The lowest BCUT2D eigenvalue weighted by atomic mass is 10.2. The summed E-state index contributed by atoms with van der Waals surface area (Å²) in [6.07, 6.45) is 0. The predicted octanol–water partition coefficient (Wildman–Crippen LogP) is 4.83. The van der Waals surface area contributed by atoms with E-state index in [4.69, 9.17) is 19.9 Å². The summed E-state index contributed by atoms with van der Waals surface area (Å²) in [5, 5.41) is 3.07. The van der Waals surface area contributed by atoms with Crippen LogP contribution in [0.2, 0.25) is 0 Å². The first kappa shape index (κ1) is 23.3. The van der Waals surface area contributed by atoms with E-state index in [0.717, 1.165) is 22.6 Å². The van der Waals surface area contributed by atoms with E-state index < -0.39 is 0 Å². The molecule has 158 valence electrons. The quantitative estimate of drug-likeness (QED) is 0.253. The van der Waals surface area contributed by atoms with Gasteiger partial charge in [0.2, 0.25) is 0 Å². The van der Waals surface area contributed by atoms with Crippen LogP contribution in [-0.2, 0) is 13.2 Å². The monoisotopic (exact) mass is 519 g/mol. The number of nitrogens with zero attached hydrogens (tertiary/aromatic N) is 1. The maximum Gasteiger partial charge on any atom is 0.193 e. The fraction of sp³-hybridized carbons (Fsp3) is 0.174. The summed E-state index contributed by atoms with van der Waals surface area (Å²) < 4.78 is 16.5. The Labute approximate surface area is 194 Å². The smallest absolute Gasteiger partial charge is 0.193 e. The lowest BCUT2D eigenvalue weighted by Gasteiger charge is -2.12. The Kier molecular flexibility index (Phi) is 9.27. The third-order valence-corrected chi connectivity index (χ3v) is 4.29. The molecule has 3 aromatic rings. The van der Waals surface area contributed by atoms with Gasteiger partial charge >= 0.3 is 0 Å². The largest absolute Gasteiger partial charge is 0.493 e. The molecule has 0 aromatic heterocycles. The summed E-state index contributed by atoms with van der Waals surface area (Å²) >= 11 is 0. The molecule has 3 N–H and O–H groups in total. The summed E-state index contributed by atoms with van der Waals surface area (Å²) in [7, 11) is 3.18. The van der Waals surface area contributed by atoms with E-state index in [0.29, 0.717) is 30.6 Å². The molecule has 0 radical (unpaired) electrons. The fourth-order valence-electron chi connectivity index (χ4n) is 2.78. The Hall–Kier alpha value is -2.94. The van der Waals surface area contributed by atoms with Gasteiger partial charge in [-0.3, -0.25) is 0 Å². The SMILES string of the molecule is COc1ccc(NC(N)=NCc2ccccc2OCc2ccccc2)cc1OC.I. The third kappa shape index (κ3) is 6.55. The van der Waals surface area contributed by atoms with Crippen molar-refractivity contribution in [2.75, 3.05) is 19.5 Å². The minimum Gasteiger partial charge on any atom is -0.493 e. The van der Waals surface area contributed by atoms with Gasteiger partial charge in [0.1, 0.15) is 12.4 Å². The van der Waals surface area contributed by atoms with Gasteiger partial charge in [0.15, 0.2) is 17.5 Å². The highest BCUT2D eigenvalue weighted by Gasteiger charge is 2.06. The number of halogens is 1. The summed E-state index contributed by atoms with van der Waals surface area (Å²) in [5.74, 6) is 2.36. The van der Waals surface area contributed by atoms with Crippen LogP contribution in [-0.4, -0.2) is 20.2 Å². The molecular weight excluding hydrogens is 493 g/mol. The Morgan fingerprint density at radius 3 is 2.30 bits per heavy atom. The zero-order valence-electron chi connectivity index (χ0n) is 17.0. The molecular formula is C23H26IN3O3. The van der Waals surface area contributed by atoms with Gasteiger partial charge in [0.05, 0.1) is 20.8 Å². The number of anilines is 1. The molecule has 0 heterocycles. The Morgan fingerprint density at radius 1 is 0.867 bits per heavy atom. The molecule has 3 aromatic carbocycles. The zero-order chi connectivity index (χ0) is 20.5. The van der Waals surface area contributed by atoms with E-state index >= 15 is 0 Å². The van der Waals surface area contributed by atoms with E-state index in [1.165, 1.54) is 0 Å². The van der Waals surface area contributed by atoms with E-state index in [2.05, 4.69) is 10.3 Å². The molecule has 0 saturated heterocycles. The van der Waals surface area contributed by atoms with Gasteiger partial charge < -0.3 is 25.3 Å². The number of nitrogens with two attached hydrogens (primary N) is 1. The summed E-state index contributed by atoms with van der Waals surface area (Å²) in [6.45, 7) is 0.901. The minimum absolute atomic E-state index is 0. The highest BCUT2D eigenvalue weighted by atomic mass is 127. The number of benzene rings is 3. The van der Waals surface area contributed by atoms with Crippen LogP contribution in [0.3, 0.4) is 0 Å². The van der Waals surface area contributed by atoms with Crippen molar-refractivity contribution in [2.45, 2.75) is 13.2 Å². The topological polar surface area (TPSA) is 78.1 Å². The Morgan fingerprint density at radius 2 is 1.57 bits per heavy atom. The third-order valence-electron chi connectivity index (χ3n) is 4.29. The number of aliphatic imine (C=N–C) groups is 1. The van der Waals surface area contributed by atoms with Gasteiger partial charge in [-0.2, -0.15) is 0 Å². The van der Waals surface area contributed by atoms with Crippen LogP contribution in [0.15, 0.2) is 77.8 Å². The van der Waals surface area contributed by atoms with Crippen molar-refractivity contribution in [3.8, 4) is 17.2 Å². The molecule has 0 saturated carbocycles. The summed E-state index contributed by atoms with van der Waals surface area (Å²) in [5.41, 5.74) is 8.89. The second kappa shape index (κ2) is 11.9. The average molecular weight is 519 g/mol. The molecule has 0 bridgehead atoms. The van der Waals surface area contributed by atoms with E-state index in [-0.39, 0.29) is 24.0 Å². The molecule has 0 aliphatic rings. The van der Waals surface area contributed by atoms with Gasteiger partial charge in [-0.1, -0.05) is 48.5 Å². The number of hydrogen-bond acceptors (Lipinski definition) is 4. The second-order valence-corrected chi connectivity index (χ2v) is 6.28. The first-order valence-corrected chi connectivity index (χ1v) is 9.23. The highest BCUT2D eigenvalue weighted by molar-refractivity contribution is 14.0. The van der Waals surface area contributed by atoms with E-state index in [9.17, 15) is 0 Å². The standard InChI is InChI=1S/C23H25N3O3.HI/c1-27-21-13-12-19(14-22(21)28-2)26-23(24)25-15-18-10-6-7-11-20(18)29-16-17-8-4-3-5-9-17;/h3-14H,15-16H2,1-2H3,(H3,24,25,26);1H. The van der Waals surface area contributed by atoms with E-state index in [1.807, 2.05) is 60.7 Å². The fourth-order valence-corrected chi connectivity index (χ4v) is 2.78. The van der Waals surface area contributed by atoms with Crippen LogP contribution >= 0.6 is 24.0 Å². The van der Waals surface area contributed by atoms with Crippen LogP contribution in [0.1, 0.15) is 11.1 Å². The Bertz CT molecular complexity index is 965. The predicted molar refractivity (Wildman–Crippen MR) is 131 cm³/mol. The normalized spacial score (nSPS) is 10.7. The number of rotatable bonds is 8. The molecule has 0 amide bonds. The number of guanidine groups is 1. The molecule has 0 unspecified atom stereocenters. The van der Waals surface area contributed by atoms with Gasteiger partial charge in [-0.05, 0) is 23.8 Å². The molecule has 30 heavy (non-hydrogen) atoms. The number of nitrogens with one attached hydrogen (secondary N) is 1. The van der Waals surface area contributed by atoms with E-state index in [1.54, 1.807) is 26.4 Å². The molecule has 0 aliphatic heterocycles. The van der Waals surface area contributed by atoms with Crippen molar-refractivity contribution in [3.05, 3.63) is 83.9 Å². The summed E-state index contributed by atoms with van der Waals surface area (Å²) in [6, 6.07) is 23.3. The number of ether oxygens (including phenoxy) is 3. The number of hydrogen-bond donors (Lipinski definition) is 2. The zero-order valence-corrected chi connectivity index (χ0v) is 19.3. The molecule has 7 heteroatoms. The van der Waals surface area contributed by atoms with Gasteiger partial charge in [0.25, 0.3) is 0 Å².